The third-order valence-electron chi connectivity index (χ3n) is 5.75. The van der Waals surface area contributed by atoms with Gasteiger partial charge in [-0.2, -0.15) is 13.2 Å². The van der Waals surface area contributed by atoms with E-state index < -0.39 is 50.4 Å². The fraction of sp³-hybridized carbons (Fsp3) is 0.375. The van der Waals surface area contributed by atoms with Gasteiger partial charge in [-0.15, -0.1) is 11.3 Å². The molecule has 0 radical (unpaired) electrons. The Bertz CT molecular complexity index is 1400. The van der Waals surface area contributed by atoms with Crippen molar-refractivity contribution >= 4 is 43.2 Å². The van der Waals surface area contributed by atoms with E-state index in [1.165, 1.54) is 19.9 Å². The largest absolute Gasteiger partial charge is 0.417 e. The number of hydrogen-bond donors (Lipinski definition) is 2. The second-order valence-electron chi connectivity index (χ2n) is 8.86. The van der Waals surface area contributed by atoms with Gasteiger partial charge in [0.25, 0.3) is 0 Å². The predicted molar refractivity (Wildman–Crippen MR) is 131 cm³/mol. The van der Waals surface area contributed by atoms with Crippen LogP contribution in [0.4, 0.5) is 13.2 Å². The van der Waals surface area contributed by atoms with Crippen LogP contribution in [0.25, 0.3) is 21.3 Å². The van der Waals surface area contributed by atoms with E-state index in [2.05, 4.69) is 15.6 Å². The Labute approximate surface area is 210 Å². The second kappa shape index (κ2) is 9.81. The molecule has 0 bridgehead atoms. The van der Waals surface area contributed by atoms with E-state index in [1.807, 2.05) is 0 Å². The van der Waals surface area contributed by atoms with E-state index >= 15 is 0 Å². The third kappa shape index (κ3) is 5.54. The number of carbonyl (C=O) groups is 2. The van der Waals surface area contributed by atoms with Crippen LogP contribution in [-0.2, 0) is 25.6 Å². The highest BCUT2D eigenvalue weighted by Crippen LogP contribution is 2.42. The number of fused-ring (bicyclic) bond motifs is 1. The molecule has 1 unspecified atom stereocenters. The second-order valence-corrected chi connectivity index (χ2v) is 12.5. The van der Waals surface area contributed by atoms with Gasteiger partial charge in [-0.05, 0) is 49.9 Å². The number of rotatable bonds is 8. The van der Waals surface area contributed by atoms with E-state index in [0.29, 0.717) is 10.3 Å². The number of thiazole rings is 1. The fourth-order valence-electron chi connectivity index (χ4n) is 3.64. The molecule has 36 heavy (non-hydrogen) atoms. The minimum atomic E-state index is -4.68. The molecule has 1 aliphatic carbocycles. The van der Waals surface area contributed by atoms with E-state index in [-0.39, 0.29) is 22.1 Å². The summed E-state index contributed by atoms with van der Waals surface area (Å²) in [4.78, 5) is 29.2. The number of nitrogens with zero attached hydrogens (tertiary/aromatic N) is 1. The average Bonchev–Trinajstić information content (AvgIpc) is 3.52. The minimum absolute atomic E-state index is 0.0646. The predicted octanol–water partition coefficient (Wildman–Crippen LogP) is 4.24. The van der Waals surface area contributed by atoms with Gasteiger partial charge in [0.15, 0.2) is 15.1 Å². The molecule has 1 heterocycles. The topological polar surface area (TPSA) is 105 Å². The summed E-state index contributed by atoms with van der Waals surface area (Å²) in [5.41, 5.74) is -0.713. The molecule has 1 atom stereocenters. The Morgan fingerprint density at radius 1 is 1.14 bits per heavy atom. The standard InChI is InChI=1S/C24H24F3N3O4S2/c1-13(2)36(33,34)21(22(32)28-12-20(31)29-15-8-9-15)23-30-18-11-17(24(25,26)27)16(10-19(18)35-23)14-6-4-3-5-7-14/h3-7,10-11,13,15,21H,8-9,12H2,1-2H3,(H,28,32)(H,29,31). The number of aromatic nitrogens is 1. The Balaban J connectivity index is 1.76. The van der Waals surface area contributed by atoms with Crippen LogP contribution in [0.5, 0.6) is 0 Å². The number of nitrogens with one attached hydrogen (secondary N) is 2. The van der Waals surface area contributed by atoms with Gasteiger partial charge in [-0.25, -0.2) is 13.4 Å². The Kier molecular flexibility index (Phi) is 7.11. The van der Waals surface area contributed by atoms with E-state index in [4.69, 9.17) is 0 Å². The van der Waals surface area contributed by atoms with Crippen LogP contribution in [0.3, 0.4) is 0 Å². The van der Waals surface area contributed by atoms with Crippen molar-refractivity contribution in [3.05, 3.63) is 53.0 Å². The van der Waals surface area contributed by atoms with Crippen LogP contribution >= 0.6 is 11.3 Å². The first kappa shape index (κ1) is 26.1. The van der Waals surface area contributed by atoms with Crippen molar-refractivity contribution in [2.45, 2.75) is 49.4 Å². The average molecular weight is 540 g/mol. The number of sulfone groups is 1. The lowest BCUT2D eigenvalue weighted by molar-refractivity contribution is -0.137. The molecule has 2 N–H and O–H groups in total. The van der Waals surface area contributed by atoms with Crippen molar-refractivity contribution in [2.75, 3.05) is 6.54 Å². The highest BCUT2D eigenvalue weighted by Gasteiger charge is 2.40. The highest BCUT2D eigenvalue weighted by atomic mass is 32.2. The maximum absolute atomic E-state index is 13.9. The van der Waals surface area contributed by atoms with E-state index in [0.717, 1.165) is 30.2 Å². The first-order chi connectivity index (χ1) is 16.9. The number of carbonyl (C=O) groups excluding carboxylic acids is 2. The van der Waals surface area contributed by atoms with Crippen molar-refractivity contribution in [3.8, 4) is 11.1 Å². The lowest BCUT2D eigenvalue weighted by atomic mass is 9.99. The maximum atomic E-state index is 13.9. The lowest BCUT2D eigenvalue weighted by Crippen LogP contribution is -2.42. The molecule has 0 aliphatic heterocycles. The molecule has 1 fully saturated rings. The van der Waals surface area contributed by atoms with Gasteiger partial charge in [0, 0.05) is 6.04 Å². The van der Waals surface area contributed by atoms with Crippen LogP contribution in [0, 0.1) is 0 Å². The SMILES string of the molecule is CC(C)S(=O)(=O)C(C(=O)NCC(=O)NC1CC1)c1nc2cc(C(F)(F)F)c(-c3ccccc3)cc2s1. The van der Waals surface area contributed by atoms with E-state index in [1.54, 1.807) is 30.3 Å². The summed E-state index contributed by atoms with van der Waals surface area (Å²) in [5.74, 6) is -1.40. The lowest BCUT2D eigenvalue weighted by Gasteiger charge is -2.17. The first-order valence-corrected chi connectivity index (χ1v) is 13.7. The quantitative estimate of drug-likeness (QED) is 0.446. The molecule has 4 rings (SSSR count). The van der Waals surface area contributed by atoms with Gasteiger partial charge in [0.05, 0.1) is 27.6 Å². The Hall–Kier alpha value is -2.99. The van der Waals surface area contributed by atoms with Gasteiger partial charge in [0.2, 0.25) is 11.8 Å². The fourth-order valence-corrected chi connectivity index (χ4v) is 6.41. The molecule has 7 nitrogen and oxygen atoms in total. The minimum Gasteiger partial charge on any atom is -0.352 e. The number of halogens is 3. The van der Waals surface area contributed by atoms with Gasteiger partial charge in [-0.3, -0.25) is 9.59 Å². The molecule has 0 spiro atoms. The number of hydrogen-bond acceptors (Lipinski definition) is 6. The van der Waals surface area contributed by atoms with Crippen molar-refractivity contribution in [3.63, 3.8) is 0 Å². The summed E-state index contributed by atoms with van der Waals surface area (Å²) in [6.45, 7) is 2.39. The van der Waals surface area contributed by atoms with Crippen molar-refractivity contribution in [2.24, 2.45) is 0 Å². The molecule has 2 aromatic carbocycles. The zero-order chi connectivity index (χ0) is 26.3. The molecule has 12 heteroatoms. The normalized spacial score (nSPS) is 15.2. The van der Waals surface area contributed by atoms with Crippen molar-refractivity contribution in [1.29, 1.82) is 0 Å². The molecule has 1 saturated carbocycles. The Morgan fingerprint density at radius 2 is 1.81 bits per heavy atom. The van der Waals surface area contributed by atoms with Crippen LogP contribution < -0.4 is 10.6 Å². The van der Waals surface area contributed by atoms with Crippen LogP contribution in [0.2, 0.25) is 0 Å². The molecular formula is C24H24F3N3O4S2. The summed E-state index contributed by atoms with van der Waals surface area (Å²) in [6.07, 6.45) is -2.99. The Morgan fingerprint density at radius 3 is 2.39 bits per heavy atom. The van der Waals surface area contributed by atoms with Gasteiger partial charge < -0.3 is 10.6 Å². The molecule has 2 amide bonds. The van der Waals surface area contributed by atoms with Crippen molar-refractivity contribution in [1.82, 2.24) is 15.6 Å². The summed E-state index contributed by atoms with van der Waals surface area (Å²) in [7, 11) is -4.12. The van der Waals surface area contributed by atoms with E-state index in [9.17, 15) is 31.2 Å². The van der Waals surface area contributed by atoms with Crippen LogP contribution in [0.15, 0.2) is 42.5 Å². The number of alkyl halides is 3. The van der Waals surface area contributed by atoms with Crippen LogP contribution in [-0.4, -0.2) is 43.1 Å². The molecule has 1 aliphatic rings. The van der Waals surface area contributed by atoms with Gasteiger partial charge in [0.1, 0.15) is 5.01 Å². The molecule has 192 valence electrons. The molecular weight excluding hydrogens is 515 g/mol. The van der Waals surface area contributed by atoms with Gasteiger partial charge >= 0.3 is 6.18 Å². The first-order valence-electron chi connectivity index (χ1n) is 11.2. The molecule has 0 saturated heterocycles. The maximum Gasteiger partial charge on any atom is 0.417 e. The van der Waals surface area contributed by atoms with Gasteiger partial charge in [-0.1, -0.05) is 30.3 Å². The van der Waals surface area contributed by atoms with Crippen molar-refractivity contribution < 1.29 is 31.2 Å². The third-order valence-corrected chi connectivity index (χ3v) is 9.39. The smallest absolute Gasteiger partial charge is 0.352 e. The van der Waals surface area contributed by atoms with Crippen LogP contribution in [0.1, 0.15) is 42.5 Å². The molecule has 1 aromatic heterocycles. The summed E-state index contributed by atoms with van der Waals surface area (Å²) in [6, 6.07) is 10.3. The molecule has 3 aromatic rings. The monoisotopic (exact) mass is 539 g/mol. The summed E-state index contributed by atoms with van der Waals surface area (Å²) >= 11 is 0.842. The highest BCUT2D eigenvalue weighted by molar-refractivity contribution is 7.93. The zero-order valence-corrected chi connectivity index (χ0v) is 21.1. The summed E-state index contributed by atoms with van der Waals surface area (Å²) < 4.78 is 68.2. The number of amides is 2. The zero-order valence-electron chi connectivity index (χ0n) is 19.4. The summed E-state index contributed by atoms with van der Waals surface area (Å²) in [5, 5.41) is 2.15. The number of benzene rings is 2.